The van der Waals surface area contributed by atoms with E-state index in [9.17, 15) is 0 Å². The summed E-state index contributed by atoms with van der Waals surface area (Å²) in [5, 5.41) is 0. The second kappa shape index (κ2) is 6.71. The molecule has 45 valence electrons. The molecule has 0 unspecified atom stereocenters. The van der Waals surface area contributed by atoms with Crippen LogP contribution in [0.2, 0.25) is 0 Å². The third-order valence-corrected chi connectivity index (χ3v) is 0.544. The zero-order valence-corrected chi connectivity index (χ0v) is 9.69. The molecule has 0 amide bonds. The maximum atomic E-state index is 5.25. The molecule has 2 heteroatoms. The van der Waals surface area contributed by atoms with Crippen LogP contribution in [-0.4, -0.2) is 63.6 Å². The van der Waals surface area contributed by atoms with Gasteiger partial charge in [-0.1, -0.05) is 0 Å². The van der Waals surface area contributed by atoms with E-state index in [-0.39, 0.29) is 51.4 Å². The van der Waals surface area contributed by atoms with Crippen molar-refractivity contribution in [3.8, 4) is 0 Å². The average molecular weight is 141 g/mol. The standard InChI is InChI=1S/C6H14O.K/c1-5(2)7-6(3)4;/h5-6H,1-4H3;. The van der Waals surface area contributed by atoms with Crippen LogP contribution in [0.25, 0.3) is 0 Å². The van der Waals surface area contributed by atoms with Crippen LogP contribution in [0.3, 0.4) is 0 Å². The van der Waals surface area contributed by atoms with Crippen molar-refractivity contribution in [3.05, 3.63) is 0 Å². The molecule has 8 heavy (non-hydrogen) atoms. The Balaban J connectivity index is 0. The number of ether oxygens (including phenoxy) is 1. The van der Waals surface area contributed by atoms with Crippen LogP contribution < -0.4 is 0 Å². The van der Waals surface area contributed by atoms with Gasteiger partial charge in [-0.15, -0.1) is 0 Å². The van der Waals surface area contributed by atoms with E-state index in [2.05, 4.69) is 0 Å². The smallest absolute Gasteiger partial charge is 0.0522 e. The number of hydrogen-bond acceptors (Lipinski definition) is 1. The minimum atomic E-state index is 0. The van der Waals surface area contributed by atoms with Crippen LogP contribution in [0.5, 0.6) is 0 Å². The molecule has 0 N–H and O–H groups in total. The van der Waals surface area contributed by atoms with E-state index in [1.54, 1.807) is 0 Å². The molecule has 0 bridgehead atoms. The van der Waals surface area contributed by atoms with E-state index in [1.165, 1.54) is 0 Å². The van der Waals surface area contributed by atoms with Gasteiger partial charge < -0.3 is 4.74 Å². The minimum Gasteiger partial charge on any atom is -0.376 e. The van der Waals surface area contributed by atoms with Crippen LogP contribution in [0.4, 0.5) is 0 Å². The van der Waals surface area contributed by atoms with Gasteiger partial charge in [-0.05, 0) is 27.7 Å². The summed E-state index contributed by atoms with van der Waals surface area (Å²) in [4.78, 5) is 0. The fraction of sp³-hybridized carbons (Fsp3) is 1.00. The van der Waals surface area contributed by atoms with Crippen LogP contribution >= 0.6 is 0 Å². The first kappa shape index (κ1) is 12.3. The van der Waals surface area contributed by atoms with Gasteiger partial charge in [0.05, 0.1) is 12.2 Å². The van der Waals surface area contributed by atoms with Gasteiger partial charge in [0.25, 0.3) is 0 Å². The molecule has 0 aliphatic carbocycles. The molecule has 0 aliphatic rings. The van der Waals surface area contributed by atoms with Gasteiger partial charge >= 0.3 is 0 Å². The molecule has 0 aromatic rings. The summed E-state index contributed by atoms with van der Waals surface area (Å²) >= 11 is 0. The maximum absolute atomic E-state index is 5.25. The van der Waals surface area contributed by atoms with Crippen LogP contribution in [-0.2, 0) is 4.74 Å². The van der Waals surface area contributed by atoms with E-state index in [4.69, 9.17) is 4.74 Å². The molecular weight excluding hydrogens is 127 g/mol. The Kier molecular flexibility index (Phi) is 10.3. The molecule has 0 heterocycles. The van der Waals surface area contributed by atoms with Crippen molar-refractivity contribution in [3.63, 3.8) is 0 Å². The Labute approximate surface area is 94.6 Å². The molecule has 0 fully saturated rings. The molecule has 1 radical (unpaired) electrons. The normalized spacial score (nSPS) is 9.75. The first-order chi connectivity index (χ1) is 3.13. The molecule has 0 aliphatic heterocycles. The Morgan fingerprint density at radius 1 is 0.875 bits per heavy atom. The SMILES string of the molecule is CC(C)OC(C)C.[K]. The molecular formula is C6H14KO. The summed E-state index contributed by atoms with van der Waals surface area (Å²) in [6.07, 6.45) is 0.750. The first-order valence-electron chi connectivity index (χ1n) is 2.78. The molecule has 1 nitrogen and oxygen atoms in total. The Bertz CT molecular complexity index is 37.8. The van der Waals surface area contributed by atoms with Gasteiger partial charge in [0.2, 0.25) is 0 Å². The third kappa shape index (κ3) is 10.6. The van der Waals surface area contributed by atoms with Crippen molar-refractivity contribution in [2.45, 2.75) is 39.9 Å². The van der Waals surface area contributed by atoms with Crippen molar-refractivity contribution in [2.24, 2.45) is 0 Å². The monoisotopic (exact) mass is 141 g/mol. The van der Waals surface area contributed by atoms with E-state index < -0.39 is 0 Å². The maximum Gasteiger partial charge on any atom is 0.0522 e. The number of hydrogen-bond donors (Lipinski definition) is 0. The summed E-state index contributed by atoms with van der Waals surface area (Å²) in [7, 11) is 0. The first-order valence-corrected chi connectivity index (χ1v) is 2.78. The zero-order chi connectivity index (χ0) is 5.86. The van der Waals surface area contributed by atoms with Crippen LogP contribution in [0.15, 0.2) is 0 Å². The van der Waals surface area contributed by atoms with Crippen molar-refractivity contribution in [1.82, 2.24) is 0 Å². The topological polar surface area (TPSA) is 9.23 Å². The number of rotatable bonds is 2. The van der Waals surface area contributed by atoms with E-state index in [0.717, 1.165) is 0 Å². The molecule has 0 atom stereocenters. The summed E-state index contributed by atoms with van der Waals surface area (Å²) < 4.78 is 5.25. The molecule has 0 aromatic heterocycles. The Morgan fingerprint density at radius 2 is 1.12 bits per heavy atom. The van der Waals surface area contributed by atoms with Crippen LogP contribution in [0.1, 0.15) is 27.7 Å². The fourth-order valence-corrected chi connectivity index (χ4v) is 0.544. The van der Waals surface area contributed by atoms with Crippen molar-refractivity contribution >= 4 is 51.4 Å². The Hall–Kier alpha value is 1.60. The van der Waals surface area contributed by atoms with Crippen LogP contribution in [0, 0.1) is 0 Å². The summed E-state index contributed by atoms with van der Waals surface area (Å²) in [6.45, 7) is 8.17. The minimum absolute atomic E-state index is 0. The van der Waals surface area contributed by atoms with Crippen molar-refractivity contribution < 1.29 is 4.74 Å². The molecule has 0 rings (SSSR count). The van der Waals surface area contributed by atoms with Crippen molar-refractivity contribution in [2.75, 3.05) is 0 Å². The zero-order valence-electron chi connectivity index (χ0n) is 6.56. The summed E-state index contributed by atoms with van der Waals surface area (Å²) in [6, 6.07) is 0. The van der Waals surface area contributed by atoms with E-state index in [1.807, 2.05) is 27.7 Å². The molecule has 0 spiro atoms. The molecule has 0 saturated carbocycles. The van der Waals surface area contributed by atoms with Gasteiger partial charge in [0.15, 0.2) is 0 Å². The van der Waals surface area contributed by atoms with Gasteiger partial charge in [-0.2, -0.15) is 0 Å². The third-order valence-electron chi connectivity index (χ3n) is 0.544. The second-order valence-electron chi connectivity index (χ2n) is 2.23. The predicted molar refractivity (Wildman–Crippen MR) is 37.1 cm³/mol. The summed E-state index contributed by atoms with van der Waals surface area (Å²) in [5.74, 6) is 0. The molecule has 0 saturated heterocycles. The second-order valence-corrected chi connectivity index (χ2v) is 2.23. The van der Waals surface area contributed by atoms with Gasteiger partial charge in [-0.3, -0.25) is 0 Å². The Morgan fingerprint density at radius 3 is 1.12 bits per heavy atom. The average Bonchev–Trinajstić information content (AvgIpc) is 1.27. The van der Waals surface area contributed by atoms with E-state index >= 15 is 0 Å². The van der Waals surface area contributed by atoms with E-state index in [0.29, 0.717) is 12.2 Å². The van der Waals surface area contributed by atoms with Crippen molar-refractivity contribution in [1.29, 1.82) is 0 Å². The van der Waals surface area contributed by atoms with Gasteiger partial charge in [-0.25, -0.2) is 0 Å². The summed E-state index contributed by atoms with van der Waals surface area (Å²) in [5.41, 5.74) is 0. The predicted octanol–water partition coefficient (Wildman–Crippen LogP) is 1.44. The van der Waals surface area contributed by atoms with Gasteiger partial charge in [0.1, 0.15) is 0 Å². The van der Waals surface area contributed by atoms with Gasteiger partial charge in [0, 0.05) is 51.4 Å². The molecule has 0 aromatic carbocycles. The quantitative estimate of drug-likeness (QED) is 0.529. The fourth-order valence-electron chi connectivity index (χ4n) is 0.544. The largest absolute Gasteiger partial charge is 0.376 e.